The molecule has 0 spiro atoms. The summed E-state index contributed by atoms with van der Waals surface area (Å²) >= 11 is 0.343. The molecule has 1 aromatic rings. The van der Waals surface area contributed by atoms with E-state index in [9.17, 15) is 0 Å². The first-order valence-corrected chi connectivity index (χ1v) is 10.6. The number of hydrogen-bond acceptors (Lipinski definition) is 0. The number of allylic oxidation sites excluding steroid dienone is 4. The van der Waals surface area contributed by atoms with E-state index < -0.39 is 0 Å². The molecule has 0 radical (unpaired) electrons. The summed E-state index contributed by atoms with van der Waals surface area (Å²) in [5, 5.41) is 0. The quantitative estimate of drug-likeness (QED) is 0.555. The molecule has 129 valence electrons. The molecule has 0 atom stereocenters. The number of hydrogen-bond donors (Lipinski definition) is 0. The van der Waals surface area contributed by atoms with Gasteiger partial charge in [0.15, 0.2) is 0 Å². The molecule has 0 aliphatic heterocycles. The molecule has 1 aliphatic carbocycles. The van der Waals surface area contributed by atoms with Gasteiger partial charge in [0.1, 0.15) is 0 Å². The van der Waals surface area contributed by atoms with Crippen molar-refractivity contribution in [2.24, 2.45) is 5.41 Å². The fraction of sp³-hybridized carbons (Fsp3) is 0.545. The van der Waals surface area contributed by atoms with Crippen LogP contribution in [0, 0.1) is 5.41 Å². The molecule has 0 saturated carbocycles. The predicted molar refractivity (Wildman–Crippen MR) is 99.1 cm³/mol. The van der Waals surface area contributed by atoms with Gasteiger partial charge in [0.05, 0.1) is 0 Å². The van der Waals surface area contributed by atoms with Gasteiger partial charge in [-0.3, -0.25) is 0 Å². The van der Waals surface area contributed by atoms with Crippen LogP contribution in [0.15, 0.2) is 33.0 Å². The maximum atomic E-state index is 2.43. The van der Waals surface area contributed by atoms with E-state index in [1.807, 2.05) is 0 Å². The van der Waals surface area contributed by atoms with Crippen LogP contribution in [0.5, 0.6) is 0 Å². The van der Waals surface area contributed by atoms with E-state index in [-0.39, 0.29) is 5.41 Å². The van der Waals surface area contributed by atoms with Crippen molar-refractivity contribution in [1.29, 1.82) is 0 Å². The minimum atomic E-state index is 0.234. The zero-order valence-corrected chi connectivity index (χ0v) is 17.7. The summed E-state index contributed by atoms with van der Waals surface area (Å²) in [5.41, 5.74) is 9.67. The van der Waals surface area contributed by atoms with Crippen LogP contribution in [0.1, 0.15) is 72.1 Å². The Morgan fingerprint density at radius 3 is 1.87 bits per heavy atom. The Morgan fingerprint density at radius 1 is 0.826 bits per heavy atom. The molecule has 0 heterocycles. The fourth-order valence-corrected chi connectivity index (χ4v) is 6.65. The Bertz CT molecular complexity index is 671. The normalized spacial score (nSPS) is 17.6. The fourth-order valence-electron chi connectivity index (χ4n) is 3.71. The van der Waals surface area contributed by atoms with Crippen LogP contribution in [0.3, 0.4) is 0 Å². The summed E-state index contributed by atoms with van der Waals surface area (Å²) in [4.78, 5) is 0. The van der Waals surface area contributed by atoms with E-state index in [1.165, 1.54) is 5.57 Å². The molecule has 0 unspecified atom stereocenters. The molecule has 0 aromatic heterocycles. The molecule has 0 nitrogen and oxygen atoms in total. The molecule has 23 heavy (non-hydrogen) atoms. The van der Waals surface area contributed by atoms with Gasteiger partial charge in [-0.2, -0.15) is 0 Å². The first kappa shape index (κ1) is 18.7. The molecule has 0 N–H and O–H groups in total. The van der Waals surface area contributed by atoms with Crippen molar-refractivity contribution in [2.45, 2.75) is 74.7 Å². The van der Waals surface area contributed by atoms with Crippen molar-refractivity contribution in [3.8, 4) is 0 Å². The third kappa shape index (κ3) is 3.14. The predicted octanol–water partition coefficient (Wildman–Crippen LogP) is 5.73. The summed E-state index contributed by atoms with van der Waals surface area (Å²) < 4.78 is 3.31. The molecule has 1 heteroatoms. The third-order valence-corrected chi connectivity index (χ3v) is 8.86. The molecule has 0 bridgehead atoms. The van der Waals surface area contributed by atoms with Crippen LogP contribution in [-0.2, 0) is 36.4 Å². The van der Waals surface area contributed by atoms with Crippen LogP contribution in [0.4, 0.5) is 0 Å². The van der Waals surface area contributed by atoms with Gasteiger partial charge in [-0.1, -0.05) is 0 Å². The molecule has 1 aromatic carbocycles. The van der Waals surface area contributed by atoms with Gasteiger partial charge in [-0.15, -0.1) is 0 Å². The number of rotatable bonds is 5. The van der Waals surface area contributed by atoms with Crippen LogP contribution in [-0.4, -0.2) is 0 Å². The Balaban J connectivity index is 2.50. The van der Waals surface area contributed by atoms with E-state index in [2.05, 4.69) is 67.5 Å². The van der Waals surface area contributed by atoms with Crippen molar-refractivity contribution in [3.05, 3.63) is 49.7 Å². The average Bonchev–Trinajstić information content (AvgIpc) is 2.68. The second-order valence-electron chi connectivity index (χ2n) is 7.08. The molecular formula is C22H32Rh. The Kier molecular flexibility index (Phi) is 5.73. The summed E-state index contributed by atoms with van der Waals surface area (Å²) in [6.07, 6.45) is 3.47. The van der Waals surface area contributed by atoms with E-state index in [1.54, 1.807) is 36.2 Å². The van der Waals surface area contributed by atoms with Crippen molar-refractivity contribution >= 4 is 4.16 Å². The first-order chi connectivity index (χ1) is 10.8. The van der Waals surface area contributed by atoms with Gasteiger partial charge < -0.3 is 0 Å². The van der Waals surface area contributed by atoms with E-state index in [4.69, 9.17) is 0 Å². The zero-order chi connectivity index (χ0) is 17.4. The van der Waals surface area contributed by atoms with Crippen molar-refractivity contribution in [2.75, 3.05) is 0 Å². The van der Waals surface area contributed by atoms with Gasteiger partial charge in [0.2, 0.25) is 0 Å². The van der Waals surface area contributed by atoms with Crippen molar-refractivity contribution in [3.63, 3.8) is 0 Å². The maximum absolute atomic E-state index is 2.43. The molecule has 0 fully saturated rings. The Hall–Kier alpha value is -0.677. The van der Waals surface area contributed by atoms with Crippen LogP contribution in [0.25, 0.3) is 0 Å². The van der Waals surface area contributed by atoms with E-state index >= 15 is 0 Å². The number of benzene rings is 1. The van der Waals surface area contributed by atoms with Crippen LogP contribution >= 0.6 is 0 Å². The summed E-state index contributed by atoms with van der Waals surface area (Å²) in [5.74, 6) is 0. The summed E-state index contributed by atoms with van der Waals surface area (Å²) in [6.45, 7) is 18.7. The molecular weight excluding hydrogens is 367 g/mol. The summed E-state index contributed by atoms with van der Waals surface area (Å²) in [7, 11) is 0. The van der Waals surface area contributed by atoms with Crippen LogP contribution in [0.2, 0.25) is 0 Å². The second-order valence-corrected chi connectivity index (χ2v) is 9.19. The molecule has 0 saturated heterocycles. The van der Waals surface area contributed by atoms with Gasteiger partial charge in [-0.05, 0) is 0 Å². The SMILES string of the molecule is CCc1cc[c]([Rh][C]2=C(C)C(C)=C(C)C2(C)C)c(CC)c1CC. The first-order valence-electron chi connectivity index (χ1n) is 8.93. The standard InChI is InChI=1S/C12H17.C10H15.Rh/c1-4-10-8-7-9-11(5-2)12(10)6-3;1-7-6-10(4,5)9(3)8(7)2;/h7-8H,4-6H2,1-3H3;1-5H3;. The van der Waals surface area contributed by atoms with Gasteiger partial charge in [0, 0.05) is 0 Å². The molecule has 1 aliphatic rings. The van der Waals surface area contributed by atoms with Crippen molar-refractivity contribution < 1.29 is 17.1 Å². The monoisotopic (exact) mass is 399 g/mol. The molecule has 0 amide bonds. The van der Waals surface area contributed by atoms with Gasteiger partial charge in [-0.25, -0.2) is 0 Å². The third-order valence-electron chi connectivity index (χ3n) is 5.61. The van der Waals surface area contributed by atoms with Gasteiger partial charge in [0.25, 0.3) is 0 Å². The van der Waals surface area contributed by atoms with E-state index in [0.717, 1.165) is 19.3 Å². The Morgan fingerprint density at radius 2 is 1.43 bits per heavy atom. The molecule has 2 rings (SSSR count). The minimum absolute atomic E-state index is 0.234. The van der Waals surface area contributed by atoms with Crippen LogP contribution < -0.4 is 4.16 Å². The average molecular weight is 399 g/mol. The zero-order valence-electron chi connectivity index (χ0n) is 16.1. The summed E-state index contributed by atoms with van der Waals surface area (Å²) in [6, 6.07) is 4.82. The van der Waals surface area contributed by atoms with Gasteiger partial charge >= 0.3 is 151 Å². The van der Waals surface area contributed by atoms with Crippen molar-refractivity contribution in [1.82, 2.24) is 0 Å². The van der Waals surface area contributed by atoms with E-state index in [0.29, 0.717) is 17.1 Å². The number of aryl methyl sites for hydroxylation is 1. The second kappa shape index (κ2) is 7.06. The Labute approximate surface area is 151 Å². The topological polar surface area (TPSA) is 0 Å².